The number of ether oxygens (including phenoxy) is 2. The predicted molar refractivity (Wildman–Crippen MR) is 127 cm³/mol. The Morgan fingerprint density at radius 3 is 2.43 bits per heavy atom. The van der Waals surface area contributed by atoms with Gasteiger partial charge in [-0.3, -0.25) is 4.98 Å². The average Bonchev–Trinajstić information content (AvgIpc) is 3.25. The van der Waals surface area contributed by atoms with Gasteiger partial charge in [0.05, 0.1) is 19.9 Å². The van der Waals surface area contributed by atoms with Gasteiger partial charge in [0.2, 0.25) is 0 Å². The van der Waals surface area contributed by atoms with Crippen LogP contribution in [-0.4, -0.2) is 43.9 Å². The number of rotatable bonds is 8. The van der Waals surface area contributed by atoms with E-state index in [-0.39, 0.29) is 39.5 Å². The Morgan fingerprint density at radius 1 is 1.11 bits per heavy atom. The molecular weight excluding hydrogens is 480 g/mol. The van der Waals surface area contributed by atoms with Crippen molar-refractivity contribution in [2.45, 2.75) is 6.04 Å². The van der Waals surface area contributed by atoms with Crippen LogP contribution >= 0.6 is 12.2 Å². The van der Waals surface area contributed by atoms with Gasteiger partial charge in [-0.2, -0.15) is 0 Å². The summed E-state index contributed by atoms with van der Waals surface area (Å²) in [5, 5.41) is 7.11. The van der Waals surface area contributed by atoms with E-state index in [0.717, 1.165) is 16.8 Å². The van der Waals surface area contributed by atoms with Crippen molar-refractivity contribution in [3.8, 4) is 17.4 Å². The summed E-state index contributed by atoms with van der Waals surface area (Å²) in [5.74, 6) is -1.09. The molecule has 0 aliphatic carbocycles. The van der Waals surface area contributed by atoms with Crippen molar-refractivity contribution < 1.29 is 18.3 Å². The molecule has 0 spiro atoms. The van der Waals surface area contributed by atoms with Gasteiger partial charge in [-0.1, -0.05) is 12.2 Å². The number of nitrogens with zero attached hydrogens (tertiary/aromatic N) is 4. The van der Waals surface area contributed by atoms with E-state index >= 15 is 4.39 Å². The lowest BCUT2D eigenvalue weighted by Gasteiger charge is -2.21. The highest BCUT2D eigenvalue weighted by atomic mass is 32.1. The summed E-state index contributed by atoms with van der Waals surface area (Å²) in [6.45, 7) is 0. The van der Waals surface area contributed by atoms with Crippen LogP contribution in [0.4, 0.5) is 14.5 Å². The number of nitrogens with two attached hydrogens (primary N) is 1. The summed E-state index contributed by atoms with van der Waals surface area (Å²) in [4.78, 5) is 23.2. The Balaban J connectivity index is 1.86. The fourth-order valence-corrected chi connectivity index (χ4v) is 3.46. The smallest absolute Gasteiger partial charge is 0.350 e. The first kappa shape index (κ1) is 23.8. The van der Waals surface area contributed by atoms with Crippen molar-refractivity contribution in [2.75, 3.05) is 19.5 Å². The van der Waals surface area contributed by atoms with Crippen LogP contribution in [0.25, 0.3) is 5.95 Å². The molecule has 4 aromatic rings. The second kappa shape index (κ2) is 9.85. The highest BCUT2D eigenvalue weighted by molar-refractivity contribution is 7.80. The highest BCUT2D eigenvalue weighted by Crippen LogP contribution is 2.35. The molecule has 2 aromatic heterocycles. The molecule has 0 bridgehead atoms. The highest BCUT2D eigenvalue weighted by Gasteiger charge is 2.26. The first-order valence-corrected chi connectivity index (χ1v) is 10.5. The van der Waals surface area contributed by atoms with E-state index in [1.807, 2.05) is 0 Å². The zero-order chi connectivity index (χ0) is 25.1. The van der Waals surface area contributed by atoms with Crippen LogP contribution in [0.15, 0.2) is 53.6 Å². The number of methoxy groups -OCH3 is 2. The summed E-state index contributed by atoms with van der Waals surface area (Å²) in [6, 6.07) is 6.93. The lowest BCUT2D eigenvalue weighted by atomic mass is 10.0. The number of hydrogen-bond donors (Lipinski definition) is 3. The lowest BCUT2D eigenvalue weighted by molar-refractivity contribution is 0.351. The van der Waals surface area contributed by atoms with Crippen molar-refractivity contribution in [1.82, 2.24) is 24.7 Å². The van der Waals surface area contributed by atoms with E-state index in [1.54, 1.807) is 6.07 Å². The summed E-state index contributed by atoms with van der Waals surface area (Å²) >= 11 is 4.89. The second-order valence-electron chi connectivity index (χ2n) is 7.14. The number of nitrogens with one attached hydrogen (secondary N) is 2. The third-order valence-corrected chi connectivity index (χ3v) is 5.25. The molecule has 4 N–H and O–H groups in total. The molecule has 180 valence electrons. The Morgan fingerprint density at radius 2 is 1.80 bits per heavy atom. The third kappa shape index (κ3) is 4.80. The first-order chi connectivity index (χ1) is 16.8. The maximum absolute atomic E-state index is 15.2. The van der Waals surface area contributed by atoms with Crippen LogP contribution in [0, 0.1) is 11.6 Å². The number of anilines is 1. The number of H-pyrrole nitrogens is 1. The van der Waals surface area contributed by atoms with Crippen LogP contribution in [0.2, 0.25) is 0 Å². The molecule has 0 aliphatic rings. The number of thiocarbonyl (C=S) groups is 1. The Bertz CT molecular complexity index is 1440. The Labute approximate surface area is 202 Å². The molecule has 2 aromatic carbocycles. The second-order valence-corrected chi connectivity index (χ2v) is 7.58. The van der Waals surface area contributed by atoms with Crippen molar-refractivity contribution in [3.63, 3.8) is 0 Å². The van der Waals surface area contributed by atoms with Gasteiger partial charge in [0.25, 0.3) is 5.95 Å². The predicted octanol–water partition coefficient (Wildman–Crippen LogP) is 2.48. The van der Waals surface area contributed by atoms with E-state index in [0.29, 0.717) is 5.56 Å². The van der Waals surface area contributed by atoms with E-state index in [9.17, 15) is 9.18 Å². The molecule has 0 saturated heterocycles. The Kier molecular flexibility index (Phi) is 6.68. The molecule has 2 heterocycles. The van der Waals surface area contributed by atoms with E-state index in [4.69, 9.17) is 27.4 Å². The topological polar surface area (TPSA) is 133 Å². The SMILES string of the molecule is COc1cc(F)c(C(Nc2ccc(C(N)=S)cc2F)c2nn(-c3ncccn3)c(=O)[nH]2)cc1OC. The third-order valence-electron chi connectivity index (χ3n) is 5.02. The number of aromatic amines is 1. The molecule has 1 unspecified atom stereocenters. The van der Waals surface area contributed by atoms with Gasteiger partial charge >= 0.3 is 5.69 Å². The maximum Gasteiger partial charge on any atom is 0.350 e. The molecule has 0 fully saturated rings. The van der Waals surface area contributed by atoms with Gasteiger partial charge in [-0.05, 0) is 30.3 Å². The molecule has 0 saturated carbocycles. The van der Waals surface area contributed by atoms with Gasteiger partial charge < -0.3 is 20.5 Å². The molecule has 1 atom stereocenters. The van der Waals surface area contributed by atoms with Crippen LogP contribution < -0.4 is 26.2 Å². The fourth-order valence-electron chi connectivity index (χ4n) is 3.33. The van der Waals surface area contributed by atoms with E-state index in [2.05, 4.69) is 25.4 Å². The standard InChI is InChI=1S/C22H19F2N7O3S/c1-33-16-9-12(13(23)10-17(16)34-2)18(28-15-5-4-11(19(25)35)8-14(15)24)20-29-22(32)31(30-20)21-26-6-3-7-27-21/h3-10,18,28H,1-2H3,(H2,25,35)(H,29,30,32). The summed E-state index contributed by atoms with van der Waals surface area (Å²) < 4.78 is 41.5. The zero-order valence-electron chi connectivity index (χ0n) is 18.5. The monoisotopic (exact) mass is 499 g/mol. The minimum Gasteiger partial charge on any atom is -0.493 e. The van der Waals surface area contributed by atoms with Crippen molar-refractivity contribution in [1.29, 1.82) is 0 Å². The molecule has 4 rings (SSSR count). The van der Waals surface area contributed by atoms with Crippen LogP contribution in [0.3, 0.4) is 0 Å². The largest absolute Gasteiger partial charge is 0.493 e. The normalized spacial score (nSPS) is 11.7. The Hall–Kier alpha value is -4.39. The van der Waals surface area contributed by atoms with E-state index in [1.165, 1.54) is 44.8 Å². The quantitative estimate of drug-likeness (QED) is 0.313. The van der Waals surface area contributed by atoms with Gasteiger partial charge in [0.15, 0.2) is 17.3 Å². The summed E-state index contributed by atoms with van der Waals surface area (Å²) in [6.07, 6.45) is 2.87. The molecular formula is C22H19F2N7O3S. The number of hydrogen-bond acceptors (Lipinski definition) is 8. The van der Waals surface area contributed by atoms with Crippen LogP contribution in [0.5, 0.6) is 11.5 Å². The fraction of sp³-hybridized carbons (Fsp3) is 0.136. The van der Waals surface area contributed by atoms with Crippen molar-refractivity contribution in [3.05, 3.63) is 87.9 Å². The molecule has 13 heteroatoms. The molecule has 10 nitrogen and oxygen atoms in total. The number of benzene rings is 2. The lowest BCUT2D eigenvalue weighted by Crippen LogP contribution is -2.18. The summed E-state index contributed by atoms with van der Waals surface area (Å²) in [7, 11) is 2.75. The molecule has 0 aliphatic heterocycles. The van der Waals surface area contributed by atoms with Crippen molar-refractivity contribution in [2.24, 2.45) is 5.73 Å². The molecule has 35 heavy (non-hydrogen) atoms. The van der Waals surface area contributed by atoms with Gasteiger partial charge in [0, 0.05) is 29.6 Å². The van der Waals surface area contributed by atoms with Crippen LogP contribution in [0.1, 0.15) is 23.0 Å². The summed E-state index contributed by atoms with van der Waals surface area (Å²) in [5.41, 5.74) is 5.19. The van der Waals surface area contributed by atoms with Gasteiger partial charge in [-0.15, -0.1) is 9.78 Å². The first-order valence-electron chi connectivity index (χ1n) is 10.1. The number of halogens is 2. The van der Waals surface area contributed by atoms with Crippen molar-refractivity contribution >= 4 is 22.9 Å². The molecule has 0 amide bonds. The van der Waals surface area contributed by atoms with E-state index < -0.39 is 23.4 Å². The zero-order valence-corrected chi connectivity index (χ0v) is 19.3. The molecule has 0 radical (unpaired) electrons. The number of aromatic nitrogens is 5. The van der Waals surface area contributed by atoms with Gasteiger partial charge in [0.1, 0.15) is 22.7 Å². The average molecular weight is 500 g/mol. The van der Waals surface area contributed by atoms with Crippen LogP contribution in [-0.2, 0) is 0 Å². The maximum atomic E-state index is 15.2. The minimum absolute atomic E-state index is 0.00137. The minimum atomic E-state index is -1.17. The van der Waals surface area contributed by atoms with Gasteiger partial charge in [-0.25, -0.2) is 23.5 Å².